The number of rotatable bonds is 6. The first kappa shape index (κ1) is 13.1. The molecule has 2 heteroatoms. The molecule has 0 fully saturated rings. The van der Waals surface area contributed by atoms with Crippen LogP contribution in [0.25, 0.3) is 0 Å². The average molecular weight is 255 g/mol. The van der Waals surface area contributed by atoms with Crippen LogP contribution in [0.4, 0.5) is 0 Å². The van der Waals surface area contributed by atoms with Gasteiger partial charge < -0.3 is 4.43 Å². The van der Waals surface area contributed by atoms with E-state index in [9.17, 15) is 0 Å². The van der Waals surface area contributed by atoms with E-state index in [0.29, 0.717) is 0 Å². The lowest BCUT2D eigenvalue weighted by atomic mass is 10.4. The summed E-state index contributed by atoms with van der Waals surface area (Å²) >= 11 is 0. The molecular formula is C16H19OSi. The number of benzene rings is 2. The van der Waals surface area contributed by atoms with Gasteiger partial charge in [-0.3, -0.25) is 0 Å². The van der Waals surface area contributed by atoms with Crippen LogP contribution in [0.5, 0.6) is 0 Å². The standard InChI is InChI=1S/C16H19OSi/c1-2-3-14-17-18(15-10-6-4-7-11-15)16-12-8-5-9-13-16/h4-13H,2-3,14H2,1H3. The van der Waals surface area contributed by atoms with Crippen molar-refractivity contribution in [1.82, 2.24) is 0 Å². The second-order valence-corrected chi connectivity index (χ2v) is 6.36. The highest BCUT2D eigenvalue weighted by atomic mass is 28.3. The molecule has 1 radical (unpaired) electrons. The van der Waals surface area contributed by atoms with Gasteiger partial charge in [-0.25, -0.2) is 0 Å². The van der Waals surface area contributed by atoms with Crippen LogP contribution >= 0.6 is 0 Å². The van der Waals surface area contributed by atoms with Crippen LogP contribution in [-0.2, 0) is 4.43 Å². The van der Waals surface area contributed by atoms with Gasteiger partial charge in [0.15, 0.2) is 0 Å². The van der Waals surface area contributed by atoms with Crippen LogP contribution in [0.3, 0.4) is 0 Å². The molecule has 0 N–H and O–H groups in total. The molecule has 0 aliphatic carbocycles. The molecule has 0 saturated carbocycles. The van der Waals surface area contributed by atoms with Gasteiger partial charge in [-0.1, -0.05) is 74.0 Å². The molecule has 2 aromatic rings. The summed E-state index contributed by atoms with van der Waals surface area (Å²) in [5, 5.41) is 2.65. The van der Waals surface area contributed by atoms with Gasteiger partial charge in [0.25, 0.3) is 9.04 Å². The summed E-state index contributed by atoms with van der Waals surface area (Å²) in [6.45, 7) is 3.05. The Morgan fingerprint density at radius 1 is 0.833 bits per heavy atom. The third-order valence-electron chi connectivity index (χ3n) is 2.82. The van der Waals surface area contributed by atoms with E-state index in [0.717, 1.165) is 13.0 Å². The maximum atomic E-state index is 6.16. The molecule has 0 bridgehead atoms. The largest absolute Gasteiger partial charge is 0.407 e. The summed E-state index contributed by atoms with van der Waals surface area (Å²) in [7, 11) is -1.07. The third-order valence-corrected chi connectivity index (χ3v) is 5.02. The summed E-state index contributed by atoms with van der Waals surface area (Å²) in [4.78, 5) is 0. The van der Waals surface area contributed by atoms with Crippen molar-refractivity contribution in [3.63, 3.8) is 0 Å². The summed E-state index contributed by atoms with van der Waals surface area (Å²) in [6.07, 6.45) is 2.31. The van der Waals surface area contributed by atoms with Gasteiger partial charge >= 0.3 is 0 Å². The summed E-state index contributed by atoms with van der Waals surface area (Å²) in [5.74, 6) is 0. The molecule has 0 spiro atoms. The van der Waals surface area contributed by atoms with Crippen molar-refractivity contribution in [3.05, 3.63) is 60.7 Å². The molecule has 2 aromatic carbocycles. The van der Waals surface area contributed by atoms with Gasteiger partial charge in [0.1, 0.15) is 0 Å². The topological polar surface area (TPSA) is 9.23 Å². The SMILES string of the molecule is CCCCO[Si](c1ccccc1)c1ccccc1. The summed E-state index contributed by atoms with van der Waals surface area (Å²) < 4.78 is 6.16. The smallest absolute Gasteiger partial charge is 0.282 e. The lowest BCUT2D eigenvalue weighted by Gasteiger charge is -2.15. The lowest BCUT2D eigenvalue weighted by molar-refractivity contribution is 0.324. The fourth-order valence-corrected chi connectivity index (χ4v) is 3.84. The Bertz CT molecular complexity index is 402. The van der Waals surface area contributed by atoms with Gasteiger partial charge in [-0.05, 0) is 16.8 Å². The zero-order valence-corrected chi connectivity index (χ0v) is 11.8. The zero-order chi connectivity index (χ0) is 12.6. The summed E-state index contributed by atoms with van der Waals surface area (Å²) in [6, 6.07) is 21.2. The summed E-state index contributed by atoms with van der Waals surface area (Å²) in [5.41, 5.74) is 0. The zero-order valence-electron chi connectivity index (χ0n) is 10.8. The Balaban J connectivity index is 2.18. The van der Waals surface area contributed by atoms with Crippen molar-refractivity contribution in [1.29, 1.82) is 0 Å². The minimum Gasteiger partial charge on any atom is -0.407 e. The molecule has 0 heterocycles. The van der Waals surface area contributed by atoms with Crippen LogP contribution < -0.4 is 10.4 Å². The van der Waals surface area contributed by atoms with Crippen LogP contribution in [0.1, 0.15) is 19.8 Å². The average Bonchev–Trinajstić information content (AvgIpc) is 2.46. The molecular weight excluding hydrogens is 236 g/mol. The highest BCUT2D eigenvalue weighted by Gasteiger charge is 2.18. The molecule has 0 aliphatic rings. The molecule has 0 aliphatic heterocycles. The molecule has 0 unspecified atom stereocenters. The minimum atomic E-state index is -1.07. The second-order valence-electron chi connectivity index (χ2n) is 4.26. The fraction of sp³-hybridized carbons (Fsp3) is 0.250. The number of hydrogen-bond acceptors (Lipinski definition) is 1. The lowest BCUT2D eigenvalue weighted by Crippen LogP contribution is -2.45. The predicted molar refractivity (Wildman–Crippen MR) is 78.8 cm³/mol. The van der Waals surface area contributed by atoms with Crippen LogP contribution in [0.15, 0.2) is 60.7 Å². The third kappa shape index (κ3) is 3.55. The highest BCUT2D eigenvalue weighted by Crippen LogP contribution is 1.97. The molecule has 18 heavy (non-hydrogen) atoms. The van der Waals surface area contributed by atoms with E-state index in [4.69, 9.17) is 4.43 Å². The molecule has 0 aromatic heterocycles. The maximum absolute atomic E-state index is 6.16. The van der Waals surface area contributed by atoms with Crippen molar-refractivity contribution in [2.45, 2.75) is 19.8 Å². The second kappa shape index (κ2) is 7.14. The van der Waals surface area contributed by atoms with Gasteiger partial charge in [0.2, 0.25) is 0 Å². The molecule has 93 valence electrons. The van der Waals surface area contributed by atoms with Gasteiger partial charge in [0.05, 0.1) is 0 Å². The van der Waals surface area contributed by atoms with Gasteiger partial charge in [-0.15, -0.1) is 0 Å². The minimum absolute atomic E-state index is 0.856. The maximum Gasteiger partial charge on any atom is 0.282 e. The van der Waals surface area contributed by atoms with Crippen LogP contribution in [0.2, 0.25) is 0 Å². The Labute approximate surface area is 111 Å². The van der Waals surface area contributed by atoms with Crippen molar-refractivity contribution < 1.29 is 4.43 Å². The Morgan fingerprint density at radius 2 is 1.33 bits per heavy atom. The van der Waals surface area contributed by atoms with Crippen LogP contribution in [0, 0.1) is 0 Å². The van der Waals surface area contributed by atoms with E-state index in [2.05, 4.69) is 67.6 Å². The van der Waals surface area contributed by atoms with Gasteiger partial charge in [-0.2, -0.15) is 0 Å². The van der Waals surface area contributed by atoms with E-state index >= 15 is 0 Å². The Morgan fingerprint density at radius 3 is 1.78 bits per heavy atom. The van der Waals surface area contributed by atoms with E-state index in [1.807, 2.05) is 0 Å². The van der Waals surface area contributed by atoms with E-state index in [-0.39, 0.29) is 0 Å². The first-order valence-electron chi connectivity index (χ1n) is 6.52. The number of unbranched alkanes of at least 4 members (excludes halogenated alkanes) is 1. The Kier molecular flexibility index (Phi) is 5.18. The number of hydrogen-bond donors (Lipinski definition) is 0. The van der Waals surface area contributed by atoms with E-state index < -0.39 is 9.04 Å². The quantitative estimate of drug-likeness (QED) is 0.569. The molecule has 0 atom stereocenters. The molecule has 0 amide bonds. The van der Waals surface area contributed by atoms with E-state index in [1.165, 1.54) is 16.8 Å². The molecule has 2 rings (SSSR count). The van der Waals surface area contributed by atoms with Crippen LogP contribution in [-0.4, -0.2) is 15.6 Å². The molecule has 0 saturated heterocycles. The predicted octanol–water partition coefficient (Wildman–Crippen LogP) is 2.61. The molecule has 1 nitrogen and oxygen atoms in total. The fourth-order valence-electron chi connectivity index (χ4n) is 1.83. The first-order valence-corrected chi connectivity index (χ1v) is 7.93. The van der Waals surface area contributed by atoms with Crippen molar-refractivity contribution >= 4 is 19.4 Å². The Hall–Kier alpha value is -1.38. The van der Waals surface area contributed by atoms with Crippen molar-refractivity contribution in [3.8, 4) is 0 Å². The van der Waals surface area contributed by atoms with E-state index in [1.54, 1.807) is 0 Å². The first-order chi connectivity index (χ1) is 8.92. The normalized spacial score (nSPS) is 10.8. The van der Waals surface area contributed by atoms with Crippen molar-refractivity contribution in [2.24, 2.45) is 0 Å². The van der Waals surface area contributed by atoms with Crippen molar-refractivity contribution in [2.75, 3.05) is 6.61 Å². The highest BCUT2D eigenvalue weighted by molar-refractivity contribution is 6.80. The van der Waals surface area contributed by atoms with Gasteiger partial charge in [0, 0.05) is 6.61 Å². The monoisotopic (exact) mass is 255 g/mol.